The van der Waals surface area contributed by atoms with Gasteiger partial charge in [0, 0.05) is 45.7 Å². The Balaban J connectivity index is 1.51. The van der Waals surface area contributed by atoms with Crippen LogP contribution in [0.1, 0.15) is 29.3 Å². The number of carbonyl (C=O) groups is 3. The molecule has 0 radical (unpaired) electrons. The molecule has 178 valence electrons. The zero-order chi connectivity index (χ0) is 24.6. The summed E-state index contributed by atoms with van der Waals surface area (Å²) in [7, 11) is 0. The molecule has 2 heterocycles. The van der Waals surface area contributed by atoms with Gasteiger partial charge in [-0.2, -0.15) is 0 Å². The number of fused-ring (bicyclic) bond motifs is 1. The maximum absolute atomic E-state index is 14.3. The molecule has 1 fully saturated rings. The average molecular weight is 553 g/mol. The van der Waals surface area contributed by atoms with Crippen LogP contribution in [0.25, 0.3) is 10.9 Å². The minimum Gasteiger partial charge on any atom is -0.350 e. The maximum atomic E-state index is 14.3. The predicted octanol–water partition coefficient (Wildman–Crippen LogP) is 4.65. The lowest BCUT2D eigenvalue weighted by Gasteiger charge is -2.24. The first-order valence-electron chi connectivity index (χ1n) is 10.6. The summed E-state index contributed by atoms with van der Waals surface area (Å²) in [5.41, 5.74) is 1.33. The summed E-state index contributed by atoms with van der Waals surface area (Å²) in [6.07, 6.45) is 0.0955. The molecular formula is C24H21BrClF2N3O3. The van der Waals surface area contributed by atoms with Crippen LogP contribution in [0.4, 0.5) is 8.78 Å². The van der Waals surface area contributed by atoms with Gasteiger partial charge in [0.05, 0.1) is 11.6 Å². The van der Waals surface area contributed by atoms with E-state index < -0.39 is 29.8 Å². The number of nitrogens with zero attached hydrogens (tertiary/aromatic N) is 2. The molecule has 3 aromatic rings. The summed E-state index contributed by atoms with van der Waals surface area (Å²) in [4.78, 5) is 39.2. The molecule has 1 aromatic heterocycles. The van der Waals surface area contributed by atoms with E-state index in [1.807, 2.05) is 0 Å². The summed E-state index contributed by atoms with van der Waals surface area (Å²) in [5, 5.41) is 3.20. The fraction of sp³-hybridized carbons (Fsp3) is 0.292. The van der Waals surface area contributed by atoms with Crippen molar-refractivity contribution in [1.29, 1.82) is 0 Å². The number of nitrogens with one attached hydrogen (secondary N) is 1. The number of carbonyl (C=O) groups excluding carboxylic acids is 3. The third kappa shape index (κ3) is 4.86. The lowest BCUT2D eigenvalue weighted by molar-refractivity contribution is -0.139. The number of alkyl halides is 1. The highest BCUT2D eigenvalue weighted by Crippen LogP contribution is 2.27. The first kappa shape index (κ1) is 24.3. The van der Waals surface area contributed by atoms with E-state index in [0.29, 0.717) is 16.5 Å². The smallest absolute Gasteiger partial charge is 0.243 e. The van der Waals surface area contributed by atoms with Crippen LogP contribution in [-0.4, -0.2) is 45.8 Å². The number of rotatable bonds is 6. The lowest BCUT2D eigenvalue weighted by atomic mass is 10.1. The second-order valence-corrected chi connectivity index (χ2v) is 9.54. The standard InChI is InChI=1S/C24H21BrClF2N3O3/c1-13(32)18-11-30(20-6-5-15(25)7-17(18)20)12-22(33)31-10-16(27)8-21(31)24(34)29-9-14-3-2-4-19(26)23(14)28/h2-7,11,16,21H,8-10,12H2,1H3,(H,29,34). The number of hydrogen-bond donors (Lipinski definition) is 1. The third-order valence-corrected chi connectivity index (χ3v) is 6.67. The van der Waals surface area contributed by atoms with E-state index in [1.165, 1.54) is 24.0 Å². The van der Waals surface area contributed by atoms with Gasteiger partial charge in [-0.3, -0.25) is 14.4 Å². The number of Topliss-reactive ketones (excluding diaryl/α,β-unsaturated/α-hetero) is 1. The van der Waals surface area contributed by atoms with Crippen molar-refractivity contribution in [2.24, 2.45) is 0 Å². The summed E-state index contributed by atoms with van der Waals surface area (Å²) >= 11 is 9.16. The normalized spacial score (nSPS) is 17.9. The van der Waals surface area contributed by atoms with Crippen molar-refractivity contribution >= 4 is 56.0 Å². The largest absolute Gasteiger partial charge is 0.350 e. The van der Waals surface area contributed by atoms with Crippen LogP contribution in [0.2, 0.25) is 5.02 Å². The van der Waals surface area contributed by atoms with Gasteiger partial charge >= 0.3 is 0 Å². The van der Waals surface area contributed by atoms with Crippen molar-refractivity contribution in [1.82, 2.24) is 14.8 Å². The van der Waals surface area contributed by atoms with Crippen LogP contribution in [-0.2, 0) is 22.7 Å². The fourth-order valence-corrected chi connectivity index (χ4v) is 4.77. The third-order valence-electron chi connectivity index (χ3n) is 5.89. The molecular weight excluding hydrogens is 532 g/mol. The molecule has 10 heteroatoms. The molecule has 1 aliphatic heterocycles. The van der Waals surface area contributed by atoms with Gasteiger partial charge in [0.1, 0.15) is 24.6 Å². The highest BCUT2D eigenvalue weighted by atomic mass is 79.9. The summed E-state index contributed by atoms with van der Waals surface area (Å²) < 4.78 is 30.8. The van der Waals surface area contributed by atoms with Gasteiger partial charge in [0.15, 0.2) is 5.78 Å². The van der Waals surface area contributed by atoms with Crippen LogP contribution in [0.3, 0.4) is 0 Å². The summed E-state index contributed by atoms with van der Waals surface area (Å²) in [5.74, 6) is -1.81. The van der Waals surface area contributed by atoms with Crippen molar-refractivity contribution < 1.29 is 23.2 Å². The second-order valence-electron chi connectivity index (χ2n) is 8.21. The minimum atomic E-state index is -1.35. The molecule has 6 nitrogen and oxygen atoms in total. The molecule has 0 bridgehead atoms. The lowest BCUT2D eigenvalue weighted by Crippen LogP contribution is -2.46. The Labute approximate surface area is 208 Å². The first-order valence-corrected chi connectivity index (χ1v) is 11.8. The van der Waals surface area contributed by atoms with Crippen LogP contribution in [0.15, 0.2) is 47.1 Å². The van der Waals surface area contributed by atoms with Crippen molar-refractivity contribution in [3.63, 3.8) is 0 Å². The molecule has 2 atom stereocenters. The number of likely N-dealkylation sites (tertiary alicyclic amines) is 1. The van der Waals surface area contributed by atoms with Gasteiger partial charge in [-0.25, -0.2) is 8.78 Å². The van der Waals surface area contributed by atoms with Gasteiger partial charge < -0.3 is 14.8 Å². The van der Waals surface area contributed by atoms with Gasteiger partial charge in [-0.1, -0.05) is 39.7 Å². The number of hydrogen-bond acceptors (Lipinski definition) is 3. The van der Waals surface area contributed by atoms with Crippen LogP contribution < -0.4 is 5.32 Å². The zero-order valence-electron chi connectivity index (χ0n) is 18.2. The second kappa shape index (κ2) is 9.84. The van der Waals surface area contributed by atoms with Crippen molar-refractivity contribution in [3.05, 3.63) is 69.0 Å². The van der Waals surface area contributed by atoms with E-state index in [9.17, 15) is 23.2 Å². The van der Waals surface area contributed by atoms with Crippen LogP contribution in [0.5, 0.6) is 0 Å². The number of ketones is 1. The first-order chi connectivity index (χ1) is 16.2. The van der Waals surface area contributed by atoms with E-state index in [-0.39, 0.29) is 42.4 Å². The average Bonchev–Trinajstić information content (AvgIpc) is 3.35. The van der Waals surface area contributed by atoms with Crippen molar-refractivity contribution in [2.45, 2.75) is 38.6 Å². The van der Waals surface area contributed by atoms with Crippen molar-refractivity contribution in [3.8, 4) is 0 Å². The Morgan fingerprint density at radius 1 is 1.24 bits per heavy atom. The molecule has 2 aromatic carbocycles. The Hall–Kier alpha value is -2.78. The molecule has 1 saturated heterocycles. The van der Waals surface area contributed by atoms with E-state index >= 15 is 0 Å². The zero-order valence-corrected chi connectivity index (χ0v) is 20.5. The SMILES string of the molecule is CC(=O)c1cn(CC(=O)N2CC(F)CC2C(=O)NCc2cccc(Cl)c2F)c2ccc(Br)cc12. The van der Waals surface area contributed by atoms with Crippen LogP contribution in [0, 0.1) is 5.82 Å². The van der Waals surface area contributed by atoms with E-state index in [4.69, 9.17) is 11.6 Å². The quantitative estimate of drug-likeness (QED) is 0.453. The number of halogens is 4. The Kier molecular flexibility index (Phi) is 7.04. The van der Waals surface area contributed by atoms with Gasteiger partial charge in [0.25, 0.3) is 0 Å². The molecule has 1 N–H and O–H groups in total. The number of aromatic nitrogens is 1. The summed E-state index contributed by atoms with van der Waals surface area (Å²) in [6, 6.07) is 8.80. The van der Waals surface area contributed by atoms with Crippen molar-refractivity contribution in [2.75, 3.05) is 6.54 Å². The molecule has 0 aliphatic carbocycles. The number of amides is 2. The Morgan fingerprint density at radius 2 is 2.00 bits per heavy atom. The summed E-state index contributed by atoms with van der Waals surface area (Å²) in [6.45, 7) is 0.927. The fourth-order valence-electron chi connectivity index (χ4n) is 4.21. The minimum absolute atomic E-state index is 0.0656. The molecule has 2 amide bonds. The Bertz CT molecular complexity index is 1300. The molecule has 2 unspecified atom stereocenters. The van der Waals surface area contributed by atoms with Gasteiger partial charge in [0.2, 0.25) is 11.8 Å². The van der Waals surface area contributed by atoms with Crippen LogP contribution >= 0.6 is 27.5 Å². The molecule has 34 heavy (non-hydrogen) atoms. The van der Waals surface area contributed by atoms with E-state index in [2.05, 4.69) is 21.2 Å². The molecule has 0 saturated carbocycles. The monoisotopic (exact) mass is 551 g/mol. The predicted molar refractivity (Wildman–Crippen MR) is 128 cm³/mol. The molecule has 4 rings (SSSR count). The molecule has 0 spiro atoms. The highest BCUT2D eigenvalue weighted by molar-refractivity contribution is 9.10. The van der Waals surface area contributed by atoms with Gasteiger partial charge in [-0.05, 0) is 31.2 Å². The molecule has 1 aliphatic rings. The maximum Gasteiger partial charge on any atom is 0.243 e. The highest BCUT2D eigenvalue weighted by Gasteiger charge is 2.39. The van der Waals surface area contributed by atoms with E-state index in [1.54, 1.807) is 35.0 Å². The Morgan fingerprint density at radius 3 is 2.74 bits per heavy atom. The number of benzene rings is 2. The topological polar surface area (TPSA) is 71.4 Å². The van der Waals surface area contributed by atoms with Gasteiger partial charge in [-0.15, -0.1) is 0 Å². The van der Waals surface area contributed by atoms with E-state index in [0.717, 1.165) is 4.47 Å².